The molecule has 0 saturated carbocycles. The summed E-state index contributed by atoms with van der Waals surface area (Å²) < 4.78 is 26.2. The van der Waals surface area contributed by atoms with Crippen molar-refractivity contribution < 1.29 is 13.2 Å². The molecule has 0 aliphatic carbocycles. The van der Waals surface area contributed by atoms with Crippen LogP contribution in [0.2, 0.25) is 0 Å². The van der Waals surface area contributed by atoms with Crippen LogP contribution in [0.3, 0.4) is 0 Å². The number of sulfone groups is 1. The molecule has 0 atom stereocenters. The molecule has 0 aliphatic rings. The van der Waals surface area contributed by atoms with Crippen LogP contribution >= 0.6 is 15.9 Å². The molecule has 6 heteroatoms. The van der Waals surface area contributed by atoms with Gasteiger partial charge in [0.2, 0.25) is 0 Å². The average molecular weight is 486 g/mol. The molecule has 0 unspecified atom stereocenters. The average Bonchev–Trinajstić information content (AvgIpc) is 2.68. The summed E-state index contributed by atoms with van der Waals surface area (Å²) in [4.78, 5) is 14.9. The summed E-state index contributed by atoms with van der Waals surface area (Å²) in [5.41, 5.74) is 3.53. The van der Waals surface area contributed by atoms with E-state index in [1.54, 1.807) is 36.4 Å². The third kappa shape index (κ3) is 6.03. The highest BCUT2D eigenvalue weighted by atomic mass is 79.9. The smallest absolute Gasteiger partial charge is 0.182 e. The third-order valence-electron chi connectivity index (χ3n) is 4.73. The third-order valence-corrected chi connectivity index (χ3v) is 6.91. The van der Waals surface area contributed by atoms with Gasteiger partial charge in [-0.05, 0) is 47.0 Å². The number of carbonyl (C=O) groups is 1. The zero-order valence-corrected chi connectivity index (χ0v) is 19.4. The maximum Gasteiger partial charge on any atom is 0.182 e. The van der Waals surface area contributed by atoms with Crippen molar-refractivity contribution in [1.29, 1.82) is 0 Å². The van der Waals surface area contributed by atoms with E-state index in [-0.39, 0.29) is 22.9 Å². The zero-order valence-electron chi connectivity index (χ0n) is 17.0. The summed E-state index contributed by atoms with van der Waals surface area (Å²) in [5.74, 6) is -0.00555. The monoisotopic (exact) mass is 485 g/mol. The van der Waals surface area contributed by atoms with Crippen molar-refractivity contribution in [3.63, 3.8) is 0 Å². The predicted molar refractivity (Wildman–Crippen MR) is 125 cm³/mol. The Morgan fingerprint density at radius 3 is 2.10 bits per heavy atom. The van der Waals surface area contributed by atoms with Gasteiger partial charge in [0, 0.05) is 37.1 Å². The number of anilines is 1. The first kappa shape index (κ1) is 22.2. The first-order valence-electron chi connectivity index (χ1n) is 9.57. The molecule has 30 heavy (non-hydrogen) atoms. The van der Waals surface area contributed by atoms with E-state index in [0.717, 1.165) is 21.3 Å². The minimum atomic E-state index is -3.46. The van der Waals surface area contributed by atoms with Crippen LogP contribution < -0.4 is 4.90 Å². The highest BCUT2D eigenvalue weighted by molar-refractivity contribution is 9.10. The number of benzene rings is 3. The van der Waals surface area contributed by atoms with Crippen molar-refractivity contribution in [2.75, 3.05) is 19.0 Å². The molecule has 0 spiro atoms. The van der Waals surface area contributed by atoms with Gasteiger partial charge in [0.15, 0.2) is 9.84 Å². The van der Waals surface area contributed by atoms with Crippen LogP contribution in [0, 0.1) is 0 Å². The van der Waals surface area contributed by atoms with Crippen LogP contribution in [-0.2, 0) is 33.2 Å². The minimum absolute atomic E-state index is 0.0953. The van der Waals surface area contributed by atoms with E-state index in [2.05, 4.69) is 15.9 Å². The number of hydrogen-bond acceptors (Lipinski definition) is 4. The van der Waals surface area contributed by atoms with Crippen LogP contribution in [0.1, 0.15) is 16.7 Å². The summed E-state index contributed by atoms with van der Waals surface area (Å²) in [5, 5.41) is 0. The second-order valence-electron chi connectivity index (χ2n) is 7.49. The lowest BCUT2D eigenvalue weighted by atomic mass is 10.0. The van der Waals surface area contributed by atoms with Gasteiger partial charge in [-0.1, -0.05) is 58.4 Å². The SMILES string of the molecule is CN(C)c1cccc(CC(=O)Cc2cccc(CS(=O)(=O)c3cccc(Br)c3)c2)c1. The Bertz CT molecular complexity index is 1160. The number of halogens is 1. The number of hydrogen-bond donors (Lipinski definition) is 0. The molecule has 0 heterocycles. The normalized spacial score (nSPS) is 11.3. The Balaban J connectivity index is 1.69. The van der Waals surface area contributed by atoms with E-state index in [0.29, 0.717) is 12.0 Å². The van der Waals surface area contributed by atoms with Crippen molar-refractivity contribution in [2.24, 2.45) is 0 Å². The molecule has 3 rings (SSSR count). The fourth-order valence-electron chi connectivity index (χ4n) is 3.26. The second kappa shape index (κ2) is 9.58. The molecule has 3 aromatic carbocycles. The first-order chi connectivity index (χ1) is 14.2. The van der Waals surface area contributed by atoms with E-state index < -0.39 is 9.84 Å². The van der Waals surface area contributed by atoms with E-state index in [1.165, 1.54) is 0 Å². The van der Waals surface area contributed by atoms with Crippen molar-refractivity contribution in [3.8, 4) is 0 Å². The highest BCUT2D eigenvalue weighted by Gasteiger charge is 2.16. The predicted octanol–water partition coefficient (Wildman–Crippen LogP) is 4.84. The van der Waals surface area contributed by atoms with Crippen molar-refractivity contribution in [3.05, 3.63) is 94.0 Å². The van der Waals surface area contributed by atoms with Crippen LogP contribution in [0.15, 0.2) is 82.2 Å². The fraction of sp³-hybridized carbons (Fsp3) is 0.208. The van der Waals surface area contributed by atoms with Crippen LogP contribution in [-0.4, -0.2) is 28.3 Å². The summed E-state index contributed by atoms with van der Waals surface area (Å²) in [6.07, 6.45) is 0.624. The first-order valence-corrected chi connectivity index (χ1v) is 12.0. The summed E-state index contributed by atoms with van der Waals surface area (Å²) in [7, 11) is 0.472. The molecular weight excluding hydrogens is 462 g/mol. The van der Waals surface area contributed by atoms with Gasteiger partial charge >= 0.3 is 0 Å². The number of Topliss-reactive ketones (excluding diaryl/α,β-unsaturated/α-hetero) is 1. The lowest BCUT2D eigenvalue weighted by Crippen LogP contribution is -2.11. The Morgan fingerprint density at radius 1 is 0.833 bits per heavy atom. The van der Waals surface area contributed by atoms with Crippen LogP contribution in [0.5, 0.6) is 0 Å². The fourth-order valence-corrected chi connectivity index (χ4v) is 5.18. The van der Waals surface area contributed by atoms with Gasteiger partial charge in [-0.3, -0.25) is 4.79 Å². The Kier molecular flexibility index (Phi) is 7.10. The zero-order chi connectivity index (χ0) is 21.7. The topological polar surface area (TPSA) is 54.5 Å². The van der Waals surface area contributed by atoms with Gasteiger partial charge in [0.05, 0.1) is 10.6 Å². The Labute approximate surface area is 186 Å². The molecule has 156 valence electrons. The largest absolute Gasteiger partial charge is 0.378 e. The van der Waals surface area contributed by atoms with Crippen molar-refractivity contribution in [2.45, 2.75) is 23.5 Å². The molecule has 0 saturated heterocycles. The van der Waals surface area contributed by atoms with E-state index >= 15 is 0 Å². The maximum atomic E-state index is 12.7. The molecule has 0 fully saturated rings. The van der Waals surface area contributed by atoms with Gasteiger partial charge < -0.3 is 4.90 Å². The standard InChI is InChI=1S/C24H24BrNO3S/c1-26(2)22-10-4-7-19(13-22)15-23(27)14-18-6-3-8-20(12-18)17-30(28,29)24-11-5-9-21(25)16-24/h3-13,16H,14-15,17H2,1-2H3. The lowest BCUT2D eigenvalue weighted by molar-refractivity contribution is -0.117. The van der Waals surface area contributed by atoms with Gasteiger partial charge in [0.1, 0.15) is 5.78 Å². The van der Waals surface area contributed by atoms with Crippen molar-refractivity contribution in [1.82, 2.24) is 0 Å². The maximum absolute atomic E-state index is 12.7. The van der Waals surface area contributed by atoms with Gasteiger partial charge in [-0.2, -0.15) is 0 Å². The van der Waals surface area contributed by atoms with Crippen LogP contribution in [0.25, 0.3) is 0 Å². The molecule has 0 radical (unpaired) electrons. The minimum Gasteiger partial charge on any atom is -0.378 e. The molecule has 4 nitrogen and oxygen atoms in total. The number of nitrogens with zero attached hydrogens (tertiary/aromatic N) is 1. The highest BCUT2D eigenvalue weighted by Crippen LogP contribution is 2.21. The van der Waals surface area contributed by atoms with E-state index in [4.69, 9.17) is 0 Å². The van der Waals surface area contributed by atoms with Crippen LogP contribution in [0.4, 0.5) is 5.69 Å². The van der Waals surface area contributed by atoms with E-state index in [9.17, 15) is 13.2 Å². The Hall–Kier alpha value is -2.44. The molecule has 0 amide bonds. The summed E-state index contributed by atoms with van der Waals surface area (Å²) in [6, 6.07) is 21.9. The lowest BCUT2D eigenvalue weighted by Gasteiger charge is -2.13. The van der Waals surface area contributed by atoms with Gasteiger partial charge in [-0.15, -0.1) is 0 Å². The Morgan fingerprint density at radius 2 is 1.43 bits per heavy atom. The molecule has 0 aromatic heterocycles. The molecule has 0 aliphatic heterocycles. The number of carbonyl (C=O) groups excluding carboxylic acids is 1. The summed E-state index contributed by atoms with van der Waals surface area (Å²) in [6.45, 7) is 0. The molecular formula is C24H24BrNO3S. The molecule has 0 bridgehead atoms. The van der Waals surface area contributed by atoms with E-state index in [1.807, 2.05) is 55.4 Å². The second-order valence-corrected chi connectivity index (χ2v) is 10.4. The quantitative estimate of drug-likeness (QED) is 0.457. The number of ketones is 1. The molecule has 0 N–H and O–H groups in total. The van der Waals surface area contributed by atoms with Crippen molar-refractivity contribution >= 4 is 37.2 Å². The molecule has 3 aromatic rings. The summed E-state index contributed by atoms with van der Waals surface area (Å²) >= 11 is 3.31. The van der Waals surface area contributed by atoms with Gasteiger partial charge in [0.25, 0.3) is 0 Å². The van der Waals surface area contributed by atoms with Gasteiger partial charge in [-0.25, -0.2) is 8.42 Å². The number of rotatable bonds is 8.